The molecule has 0 bridgehead atoms. The highest BCUT2D eigenvalue weighted by Gasteiger charge is 2.22. The SMILES string of the molecule is CS(=O)(=O)NC(=O)c1ccc(COc2cccc(-c3ncc(OCC4CC4)cn3)c2)c(F)c1. The van der Waals surface area contributed by atoms with Gasteiger partial charge in [-0.15, -0.1) is 0 Å². The van der Waals surface area contributed by atoms with Gasteiger partial charge in [-0.1, -0.05) is 18.2 Å². The standard InChI is InChI=1S/C23H22FN3O5S/c1-33(29,30)27-23(28)17-7-8-18(21(24)10-17)14-32-19-4-2-3-16(9-19)22-25-11-20(12-26-22)31-13-15-5-6-15/h2-4,7-12,15H,5-6,13-14H2,1H3,(H,27,28). The van der Waals surface area contributed by atoms with Crippen molar-refractivity contribution >= 4 is 15.9 Å². The van der Waals surface area contributed by atoms with Crippen molar-refractivity contribution in [3.63, 3.8) is 0 Å². The van der Waals surface area contributed by atoms with Crippen LogP contribution in [0.25, 0.3) is 11.4 Å². The highest BCUT2D eigenvalue weighted by molar-refractivity contribution is 7.89. The monoisotopic (exact) mass is 471 g/mol. The fourth-order valence-electron chi connectivity index (χ4n) is 2.96. The van der Waals surface area contributed by atoms with Crippen LogP contribution in [0.15, 0.2) is 54.9 Å². The number of carbonyl (C=O) groups is 1. The number of halogens is 1. The van der Waals surface area contributed by atoms with Crippen LogP contribution in [-0.2, 0) is 16.6 Å². The molecule has 3 aromatic rings. The van der Waals surface area contributed by atoms with Crippen LogP contribution in [0.2, 0.25) is 0 Å². The number of hydrogen-bond donors (Lipinski definition) is 1. The van der Waals surface area contributed by atoms with Crippen LogP contribution in [-0.4, -0.2) is 37.2 Å². The Morgan fingerprint density at radius 1 is 1.09 bits per heavy atom. The van der Waals surface area contributed by atoms with Gasteiger partial charge >= 0.3 is 0 Å². The van der Waals surface area contributed by atoms with E-state index in [-0.39, 0.29) is 17.7 Å². The molecule has 0 unspecified atom stereocenters. The predicted molar refractivity (Wildman–Crippen MR) is 119 cm³/mol. The van der Waals surface area contributed by atoms with E-state index in [0.717, 1.165) is 17.9 Å². The molecule has 8 nitrogen and oxygen atoms in total. The van der Waals surface area contributed by atoms with Gasteiger partial charge in [0.15, 0.2) is 11.6 Å². The zero-order valence-corrected chi connectivity index (χ0v) is 18.6. The quantitative estimate of drug-likeness (QED) is 0.510. The fraction of sp³-hybridized carbons (Fsp3) is 0.261. The van der Waals surface area contributed by atoms with E-state index in [1.54, 1.807) is 35.3 Å². The largest absolute Gasteiger partial charge is 0.490 e. The predicted octanol–water partition coefficient (Wildman–Crippen LogP) is 3.34. The minimum atomic E-state index is -3.74. The summed E-state index contributed by atoms with van der Waals surface area (Å²) in [4.78, 5) is 20.5. The van der Waals surface area contributed by atoms with Gasteiger partial charge in [0.1, 0.15) is 18.2 Å². The molecule has 0 radical (unpaired) electrons. The molecule has 0 spiro atoms. The summed E-state index contributed by atoms with van der Waals surface area (Å²) in [6.07, 6.45) is 6.53. The van der Waals surface area contributed by atoms with Crippen molar-refractivity contribution < 1.29 is 27.1 Å². The van der Waals surface area contributed by atoms with Gasteiger partial charge in [0.25, 0.3) is 5.91 Å². The molecule has 2 aromatic carbocycles. The van der Waals surface area contributed by atoms with Crippen LogP contribution < -0.4 is 14.2 Å². The second-order valence-corrected chi connectivity index (χ2v) is 9.57. The summed E-state index contributed by atoms with van der Waals surface area (Å²) >= 11 is 0. The van der Waals surface area contributed by atoms with Gasteiger partial charge in [0, 0.05) is 16.7 Å². The van der Waals surface area contributed by atoms with Crippen molar-refractivity contribution in [3.05, 3.63) is 71.8 Å². The first-order valence-corrected chi connectivity index (χ1v) is 12.1. The molecule has 0 saturated heterocycles. The Kier molecular flexibility index (Phi) is 6.55. The number of carbonyl (C=O) groups excluding carboxylic acids is 1. The molecule has 0 atom stereocenters. The maximum absolute atomic E-state index is 14.4. The van der Waals surface area contributed by atoms with E-state index in [4.69, 9.17) is 9.47 Å². The highest BCUT2D eigenvalue weighted by atomic mass is 32.2. The van der Waals surface area contributed by atoms with Crippen molar-refractivity contribution in [2.45, 2.75) is 19.4 Å². The minimum Gasteiger partial charge on any atom is -0.490 e. The third-order valence-corrected chi connectivity index (χ3v) is 5.45. The lowest BCUT2D eigenvalue weighted by Crippen LogP contribution is -2.29. The van der Waals surface area contributed by atoms with Gasteiger partial charge in [0.2, 0.25) is 10.0 Å². The Morgan fingerprint density at radius 3 is 2.52 bits per heavy atom. The van der Waals surface area contributed by atoms with Crippen molar-refractivity contribution in [2.75, 3.05) is 12.9 Å². The van der Waals surface area contributed by atoms with Crippen LogP contribution >= 0.6 is 0 Å². The third-order valence-electron chi connectivity index (χ3n) is 4.89. The lowest BCUT2D eigenvalue weighted by molar-refractivity contribution is 0.0981. The zero-order valence-electron chi connectivity index (χ0n) is 17.8. The molecule has 1 saturated carbocycles. The summed E-state index contributed by atoms with van der Waals surface area (Å²) in [5.41, 5.74) is 0.838. The summed E-state index contributed by atoms with van der Waals surface area (Å²) in [6.45, 7) is 0.601. The summed E-state index contributed by atoms with van der Waals surface area (Å²) in [5.74, 6) is 0.680. The molecule has 33 heavy (non-hydrogen) atoms. The highest BCUT2D eigenvalue weighted by Crippen LogP contribution is 2.29. The number of ether oxygens (including phenoxy) is 2. The number of hydrogen-bond acceptors (Lipinski definition) is 7. The van der Waals surface area contributed by atoms with Crippen molar-refractivity contribution in [3.8, 4) is 22.9 Å². The van der Waals surface area contributed by atoms with Gasteiger partial charge in [0.05, 0.1) is 25.3 Å². The van der Waals surface area contributed by atoms with Crippen LogP contribution in [0, 0.1) is 11.7 Å². The lowest BCUT2D eigenvalue weighted by atomic mass is 10.1. The Balaban J connectivity index is 1.39. The van der Waals surface area contributed by atoms with Crippen molar-refractivity contribution in [1.29, 1.82) is 0 Å². The van der Waals surface area contributed by atoms with E-state index in [1.807, 2.05) is 6.07 Å². The van der Waals surface area contributed by atoms with E-state index >= 15 is 0 Å². The van der Waals surface area contributed by atoms with Gasteiger partial charge in [-0.25, -0.2) is 27.5 Å². The molecular formula is C23H22FN3O5S. The Labute approximate surface area is 190 Å². The summed E-state index contributed by atoms with van der Waals surface area (Å²) in [6, 6.07) is 10.8. The molecule has 4 rings (SSSR count). The average molecular weight is 472 g/mol. The molecule has 1 heterocycles. The normalized spacial score (nSPS) is 13.4. The fourth-order valence-corrected chi connectivity index (χ4v) is 3.41. The average Bonchev–Trinajstić information content (AvgIpc) is 3.61. The number of sulfonamides is 1. The van der Waals surface area contributed by atoms with Crippen LogP contribution in [0.4, 0.5) is 4.39 Å². The number of rotatable bonds is 9. The molecule has 1 aromatic heterocycles. The lowest BCUT2D eigenvalue weighted by Gasteiger charge is -2.10. The number of nitrogens with zero attached hydrogens (tertiary/aromatic N) is 2. The van der Waals surface area contributed by atoms with Crippen LogP contribution in [0.1, 0.15) is 28.8 Å². The van der Waals surface area contributed by atoms with E-state index in [9.17, 15) is 17.6 Å². The van der Waals surface area contributed by atoms with E-state index in [1.165, 1.54) is 25.0 Å². The second-order valence-electron chi connectivity index (χ2n) is 7.82. The van der Waals surface area contributed by atoms with Crippen molar-refractivity contribution in [2.24, 2.45) is 5.92 Å². The number of amides is 1. The number of nitrogens with one attached hydrogen (secondary N) is 1. The van der Waals surface area contributed by atoms with E-state index < -0.39 is 21.7 Å². The third kappa shape index (κ3) is 6.48. The molecule has 0 aliphatic heterocycles. The molecule has 1 aliphatic carbocycles. The van der Waals surface area contributed by atoms with Gasteiger partial charge in [-0.2, -0.15) is 0 Å². The molecular weight excluding hydrogens is 449 g/mol. The Hall–Kier alpha value is -3.53. The molecule has 1 amide bonds. The van der Waals surface area contributed by atoms with E-state index in [2.05, 4.69) is 9.97 Å². The first-order chi connectivity index (χ1) is 15.8. The minimum absolute atomic E-state index is 0.0853. The molecule has 1 fully saturated rings. The summed E-state index contributed by atoms with van der Waals surface area (Å²) in [7, 11) is -3.74. The van der Waals surface area contributed by atoms with E-state index in [0.29, 0.717) is 29.8 Å². The smallest absolute Gasteiger partial charge is 0.264 e. The Morgan fingerprint density at radius 2 is 1.85 bits per heavy atom. The summed E-state index contributed by atoms with van der Waals surface area (Å²) < 4.78 is 49.9. The maximum Gasteiger partial charge on any atom is 0.264 e. The topological polar surface area (TPSA) is 107 Å². The number of aromatic nitrogens is 2. The molecule has 1 N–H and O–H groups in total. The summed E-state index contributed by atoms with van der Waals surface area (Å²) in [5, 5.41) is 0. The second kappa shape index (κ2) is 9.53. The first-order valence-electron chi connectivity index (χ1n) is 10.3. The van der Waals surface area contributed by atoms with Crippen LogP contribution in [0.5, 0.6) is 11.5 Å². The van der Waals surface area contributed by atoms with Gasteiger partial charge < -0.3 is 9.47 Å². The van der Waals surface area contributed by atoms with Gasteiger partial charge in [-0.3, -0.25) is 4.79 Å². The van der Waals surface area contributed by atoms with Gasteiger partial charge in [-0.05, 0) is 43.0 Å². The Bertz CT molecular complexity index is 1260. The first kappa shape index (κ1) is 22.7. The van der Waals surface area contributed by atoms with Crippen LogP contribution in [0.3, 0.4) is 0 Å². The maximum atomic E-state index is 14.4. The molecule has 172 valence electrons. The number of benzene rings is 2. The molecule has 10 heteroatoms. The van der Waals surface area contributed by atoms with Crippen molar-refractivity contribution in [1.82, 2.24) is 14.7 Å². The zero-order chi connectivity index (χ0) is 23.4. The molecule has 1 aliphatic rings.